The largest absolute Gasteiger partial charge is 0.344 e. The van der Waals surface area contributed by atoms with E-state index in [1.165, 1.54) is 0 Å². The lowest BCUT2D eigenvalue weighted by Gasteiger charge is -2.13. The molecule has 12 heavy (non-hydrogen) atoms. The maximum atomic E-state index is 5.58. The highest BCUT2D eigenvalue weighted by molar-refractivity contribution is 6.31. The van der Waals surface area contributed by atoms with E-state index in [2.05, 4.69) is 15.0 Å². The molecule has 66 valence electrons. The second kappa shape index (κ2) is 3.87. The topological polar surface area (TPSA) is 41.9 Å². The first-order chi connectivity index (χ1) is 5.63. The molecule has 0 radical (unpaired) electrons. The molecule has 0 saturated carbocycles. The number of rotatable bonds is 2. The predicted octanol–water partition coefficient (Wildman–Crippen LogP) is 1.63. The van der Waals surface area contributed by atoms with Gasteiger partial charge in [0.1, 0.15) is 0 Å². The van der Waals surface area contributed by atoms with Gasteiger partial charge in [0.25, 0.3) is 0 Å². The summed E-state index contributed by atoms with van der Waals surface area (Å²) in [7, 11) is 1.85. The van der Waals surface area contributed by atoms with Gasteiger partial charge in [-0.25, -0.2) is 0 Å². The van der Waals surface area contributed by atoms with Gasteiger partial charge in [-0.1, -0.05) is 0 Å². The zero-order valence-electron chi connectivity index (χ0n) is 6.75. The SMILES string of the molecule is CCN(C)c1nc(Cl)nc(Cl)n1. The lowest BCUT2D eigenvalue weighted by Crippen LogP contribution is -2.19. The molecule has 1 rings (SSSR count). The van der Waals surface area contributed by atoms with E-state index in [9.17, 15) is 0 Å². The smallest absolute Gasteiger partial charge is 0.230 e. The molecule has 1 aromatic rings. The minimum atomic E-state index is 0.116. The molecule has 0 fully saturated rings. The van der Waals surface area contributed by atoms with Crippen LogP contribution in [0.4, 0.5) is 5.95 Å². The number of hydrogen-bond donors (Lipinski definition) is 0. The predicted molar refractivity (Wildman–Crippen MR) is 48.8 cm³/mol. The van der Waals surface area contributed by atoms with Crippen LogP contribution in [0.3, 0.4) is 0 Å². The molecule has 0 spiro atoms. The number of aromatic nitrogens is 3. The first-order valence-electron chi connectivity index (χ1n) is 3.41. The summed E-state index contributed by atoms with van der Waals surface area (Å²) in [5.74, 6) is 0.488. The summed E-state index contributed by atoms with van der Waals surface area (Å²) >= 11 is 11.2. The molecule has 0 amide bonds. The molecule has 0 saturated heterocycles. The third kappa shape index (κ3) is 2.19. The highest BCUT2D eigenvalue weighted by Gasteiger charge is 2.05. The molecule has 0 atom stereocenters. The molecule has 0 bridgehead atoms. The molecule has 0 aliphatic rings. The van der Waals surface area contributed by atoms with E-state index in [1.807, 2.05) is 18.9 Å². The summed E-state index contributed by atoms with van der Waals surface area (Å²) in [6.07, 6.45) is 0. The van der Waals surface area contributed by atoms with Crippen LogP contribution in [-0.2, 0) is 0 Å². The van der Waals surface area contributed by atoms with Crippen LogP contribution >= 0.6 is 23.2 Å². The van der Waals surface area contributed by atoms with Crippen LogP contribution in [0.5, 0.6) is 0 Å². The van der Waals surface area contributed by atoms with Crippen molar-refractivity contribution in [2.45, 2.75) is 6.92 Å². The van der Waals surface area contributed by atoms with Crippen LogP contribution in [0, 0.1) is 0 Å². The summed E-state index contributed by atoms with van der Waals surface area (Å²) in [6, 6.07) is 0. The molecule has 6 heteroatoms. The van der Waals surface area contributed by atoms with Crippen LogP contribution < -0.4 is 4.90 Å². The Morgan fingerprint density at radius 3 is 2.08 bits per heavy atom. The molecule has 0 aromatic carbocycles. The third-order valence-corrected chi connectivity index (χ3v) is 1.72. The van der Waals surface area contributed by atoms with E-state index in [1.54, 1.807) is 0 Å². The second-order valence-electron chi connectivity index (χ2n) is 2.19. The first-order valence-corrected chi connectivity index (χ1v) is 4.17. The summed E-state index contributed by atoms with van der Waals surface area (Å²) in [5, 5.41) is 0.232. The average Bonchev–Trinajstić information content (AvgIpc) is 2.01. The highest BCUT2D eigenvalue weighted by atomic mass is 35.5. The summed E-state index contributed by atoms with van der Waals surface area (Å²) in [5.41, 5.74) is 0. The minimum absolute atomic E-state index is 0.116. The van der Waals surface area contributed by atoms with Gasteiger partial charge in [0.15, 0.2) is 0 Å². The fourth-order valence-electron chi connectivity index (χ4n) is 0.628. The lowest BCUT2D eigenvalue weighted by atomic mass is 10.6. The number of anilines is 1. The number of hydrogen-bond acceptors (Lipinski definition) is 4. The standard InChI is InChI=1S/C6H8Cl2N4/c1-3-12(2)6-10-4(7)9-5(8)11-6/h3H2,1-2H3. The molecule has 0 unspecified atom stereocenters. The molecular weight excluding hydrogens is 199 g/mol. The van der Waals surface area contributed by atoms with Crippen LogP contribution in [0.1, 0.15) is 6.92 Å². The van der Waals surface area contributed by atoms with E-state index < -0.39 is 0 Å². The molecule has 0 aliphatic heterocycles. The minimum Gasteiger partial charge on any atom is -0.344 e. The zero-order chi connectivity index (χ0) is 9.14. The average molecular weight is 207 g/mol. The van der Waals surface area contributed by atoms with E-state index in [0.717, 1.165) is 6.54 Å². The van der Waals surface area contributed by atoms with Gasteiger partial charge in [-0.05, 0) is 30.1 Å². The fourth-order valence-corrected chi connectivity index (χ4v) is 0.983. The van der Waals surface area contributed by atoms with Crippen molar-refractivity contribution in [3.63, 3.8) is 0 Å². The molecular formula is C6H8Cl2N4. The van der Waals surface area contributed by atoms with Crippen LogP contribution in [0.15, 0.2) is 0 Å². The maximum absolute atomic E-state index is 5.58. The Labute approximate surface area is 80.6 Å². The maximum Gasteiger partial charge on any atom is 0.230 e. The molecule has 0 N–H and O–H groups in total. The van der Waals surface area contributed by atoms with Crippen molar-refractivity contribution in [3.8, 4) is 0 Å². The van der Waals surface area contributed by atoms with Crippen molar-refractivity contribution < 1.29 is 0 Å². The Morgan fingerprint density at radius 1 is 1.17 bits per heavy atom. The quantitative estimate of drug-likeness (QED) is 0.739. The second-order valence-corrected chi connectivity index (χ2v) is 2.86. The van der Waals surface area contributed by atoms with Gasteiger partial charge in [-0.15, -0.1) is 0 Å². The Bertz CT molecular complexity index is 258. The lowest BCUT2D eigenvalue weighted by molar-refractivity contribution is 0.883. The van der Waals surface area contributed by atoms with Gasteiger partial charge in [-0.3, -0.25) is 0 Å². The molecule has 1 heterocycles. The molecule has 1 aromatic heterocycles. The Hall–Kier alpha value is -0.610. The van der Waals surface area contributed by atoms with Gasteiger partial charge in [0.05, 0.1) is 0 Å². The molecule has 4 nitrogen and oxygen atoms in total. The van der Waals surface area contributed by atoms with Crippen molar-refractivity contribution in [2.75, 3.05) is 18.5 Å². The van der Waals surface area contributed by atoms with Crippen molar-refractivity contribution >= 4 is 29.2 Å². The number of nitrogens with zero attached hydrogens (tertiary/aromatic N) is 4. The zero-order valence-corrected chi connectivity index (χ0v) is 8.26. The fraction of sp³-hybridized carbons (Fsp3) is 0.500. The van der Waals surface area contributed by atoms with E-state index in [-0.39, 0.29) is 10.6 Å². The van der Waals surface area contributed by atoms with Crippen LogP contribution in [0.25, 0.3) is 0 Å². The van der Waals surface area contributed by atoms with Crippen molar-refractivity contribution in [1.82, 2.24) is 15.0 Å². The van der Waals surface area contributed by atoms with E-state index in [4.69, 9.17) is 23.2 Å². The highest BCUT2D eigenvalue weighted by Crippen LogP contribution is 2.11. The summed E-state index contributed by atoms with van der Waals surface area (Å²) < 4.78 is 0. The summed E-state index contributed by atoms with van der Waals surface area (Å²) in [6.45, 7) is 2.77. The molecule has 0 aliphatic carbocycles. The Morgan fingerprint density at radius 2 is 1.67 bits per heavy atom. The van der Waals surface area contributed by atoms with Crippen molar-refractivity contribution in [2.24, 2.45) is 0 Å². The third-order valence-electron chi connectivity index (χ3n) is 1.38. The van der Waals surface area contributed by atoms with Gasteiger partial charge < -0.3 is 4.90 Å². The normalized spacial score (nSPS) is 10.0. The van der Waals surface area contributed by atoms with Crippen molar-refractivity contribution in [1.29, 1.82) is 0 Å². The van der Waals surface area contributed by atoms with Crippen molar-refractivity contribution in [3.05, 3.63) is 10.6 Å². The number of halogens is 2. The first kappa shape index (κ1) is 9.48. The monoisotopic (exact) mass is 206 g/mol. The van der Waals surface area contributed by atoms with Gasteiger partial charge in [-0.2, -0.15) is 15.0 Å². The van der Waals surface area contributed by atoms with E-state index >= 15 is 0 Å². The Kier molecular flexibility index (Phi) is 3.05. The summed E-state index contributed by atoms with van der Waals surface area (Å²) in [4.78, 5) is 13.2. The Balaban J connectivity index is 3.00. The van der Waals surface area contributed by atoms with Crippen LogP contribution in [0.2, 0.25) is 10.6 Å². The van der Waals surface area contributed by atoms with E-state index in [0.29, 0.717) is 5.95 Å². The van der Waals surface area contributed by atoms with Gasteiger partial charge in [0, 0.05) is 13.6 Å². The van der Waals surface area contributed by atoms with Crippen LogP contribution in [-0.4, -0.2) is 28.5 Å². The van der Waals surface area contributed by atoms with Gasteiger partial charge in [0.2, 0.25) is 16.5 Å². The van der Waals surface area contributed by atoms with Gasteiger partial charge >= 0.3 is 0 Å².